The molecule has 0 saturated heterocycles. The Morgan fingerprint density at radius 3 is 2.33 bits per heavy atom. The van der Waals surface area contributed by atoms with Gasteiger partial charge in [-0.25, -0.2) is 4.98 Å². The SMILES string of the molecule is Cl.Cl.NC1CCC(NC(=O)COc2ccc(Oc3ccccn3)cc2)CC1. The number of halogens is 2. The lowest BCUT2D eigenvalue weighted by Crippen LogP contribution is -2.42. The highest BCUT2D eigenvalue weighted by molar-refractivity contribution is 5.85. The van der Waals surface area contributed by atoms with Crippen LogP contribution in [0.25, 0.3) is 0 Å². The van der Waals surface area contributed by atoms with Crippen molar-refractivity contribution in [1.82, 2.24) is 10.3 Å². The van der Waals surface area contributed by atoms with E-state index in [1.54, 1.807) is 36.5 Å². The molecule has 3 N–H and O–H groups in total. The third-order valence-electron chi connectivity index (χ3n) is 4.19. The van der Waals surface area contributed by atoms with E-state index in [1.807, 2.05) is 12.1 Å². The topological polar surface area (TPSA) is 86.5 Å². The van der Waals surface area contributed by atoms with Gasteiger partial charge < -0.3 is 20.5 Å². The summed E-state index contributed by atoms with van der Waals surface area (Å²) < 4.78 is 11.1. The van der Waals surface area contributed by atoms with Crippen molar-refractivity contribution in [2.45, 2.75) is 37.8 Å². The molecule has 1 amide bonds. The molecule has 1 heterocycles. The van der Waals surface area contributed by atoms with E-state index < -0.39 is 0 Å². The summed E-state index contributed by atoms with van der Waals surface area (Å²) in [4.78, 5) is 16.1. The molecule has 0 bridgehead atoms. The molecule has 0 atom stereocenters. The maximum absolute atomic E-state index is 12.0. The summed E-state index contributed by atoms with van der Waals surface area (Å²) in [6.45, 7) is 0.00297. The van der Waals surface area contributed by atoms with Gasteiger partial charge >= 0.3 is 0 Å². The van der Waals surface area contributed by atoms with Crippen molar-refractivity contribution in [3.63, 3.8) is 0 Å². The Hall–Kier alpha value is -2.02. The Balaban J connectivity index is 0.00000182. The lowest BCUT2D eigenvalue weighted by atomic mass is 9.92. The molecule has 2 aromatic rings. The molecule has 1 aliphatic carbocycles. The summed E-state index contributed by atoms with van der Waals surface area (Å²) in [5.41, 5.74) is 5.87. The minimum absolute atomic E-state index is 0. The molecule has 1 fully saturated rings. The summed E-state index contributed by atoms with van der Waals surface area (Å²) in [5.74, 6) is 1.71. The molecular formula is C19H25Cl2N3O3. The van der Waals surface area contributed by atoms with Crippen LogP contribution in [-0.4, -0.2) is 29.6 Å². The lowest BCUT2D eigenvalue weighted by molar-refractivity contribution is -0.124. The van der Waals surface area contributed by atoms with E-state index in [0.29, 0.717) is 17.4 Å². The maximum Gasteiger partial charge on any atom is 0.258 e. The Morgan fingerprint density at radius 1 is 1.04 bits per heavy atom. The molecule has 6 nitrogen and oxygen atoms in total. The number of nitrogens with one attached hydrogen (secondary N) is 1. The number of hydrogen-bond acceptors (Lipinski definition) is 5. The average Bonchev–Trinajstić information content (AvgIpc) is 2.64. The summed E-state index contributed by atoms with van der Waals surface area (Å²) in [6.07, 6.45) is 5.47. The number of benzene rings is 1. The number of amides is 1. The van der Waals surface area contributed by atoms with Gasteiger partial charge in [0.05, 0.1) is 0 Å². The van der Waals surface area contributed by atoms with Crippen LogP contribution in [0.15, 0.2) is 48.7 Å². The van der Waals surface area contributed by atoms with Gasteiger partial charge in [0.2, 0.25) is 5.88 Å². The summed E-state index contributed by atoms with van der Waals surface area (Å²) in [6, 6.07) is 13.1. The number of nitrogens with zero attached hydrogens (tertiary/aromatic N) is 1. The molecule has 1 saturated carbocycles. The van der Waals surface area contributed by atoms with Gasteiger partial charge in [0.15, 0.2) is 6.61 Å². The Bertz CT molecular complexity index is 678. The lowest BCUT2D eigenvalue weighted by Gasteiger charge is -2.26. The third-order valence-corrected chi connectivity index (χ3v) is 4.19. The first-order chi connectivity index (χ1) is 12.2. The first-order valence-electron chi connectivity index (χ1n) is 8.56. The van der Waals surface area contributed by atoms with Crippen molar-refractivity contribution in [2.75, 3.05) is 6.61 Å². The fourth-order valence-electron chi connectivity index (χ4n) is 2.81. The normalized spacial score (nSPS) is 18.4. The largest absolute Gasteiger partial charge is 0.484 e. The highest BCUT2D eigenvalue weighted by Crippen LogP contribution is 2.22. The van der Waals surface area contributed by atoms with Gasteiger partial charge in [-0.1, -0.05) is 6.07 Å². The van der Waals surface area contributed by atoms with E-state index >= 15 is 0 Å². The summed E-state index contributed by atoms with van der Waals surface area (Å²) in [7, 11) is 0. The first-order valence-corrected chi connectivity index (χ1v) is 8.56. The van der Waals surface area contributed by atoms with E-state index in [1.165, 1.54) is 0 Å². The monoisotopic (exact) mass is 413 g/mol. The number of nitrogens with two attached hydrogens (primary N) is 1. The van der Waals surface area contributed by atoms with E-state index in [2.05, 4.69) is 10.3 Å². The molecular weight excluding hydrogens is 389 g/mol. The number of aromatic nitrogens is 1. The number of carbonyl (C=O) groups excluding carboxylic acids is 1. The molecule has 3 rings (SSSR count). The average molecular weight is 414 g/mol. The standard InChI is InChI=1S/C19H23N3O3.2ClH/c20-14-4-6-15(7-5-14)22-18(23)13-24-16-8-10-17(11-9-16)25-19-3-1-2-12-21-19;;/h1-3,8-12,14-15H,4-7,13,20H2,(H,22,23);2*1H. The van der Waals surface area contributed by atoms with Gasteiger partial charge in [-0.15, -0.1) is 24.8 Å². The van der Waals surface area contributed by atoms with Gasteiger partial charge in [-0.2, -0.15) is 0 Å². The fraction of sp³-hybridized carbons (Fsp3) is 0.368. The fourth-order valence-corrected chi connectivity index (χ4v) is 2.81. The highest BCUT2D eigenvalue weighted by atomic mass is 35.5. The minimum atomic E-state index is -0.103. The molecule has 0 unspecified atom stereocenters. The van der Waals surface area contributed by atoms with Crippen molar-refractivity contribution in [3.8, 4) is 17.4 Å². The molecule has 27 heavy (non-hydrogen) atoms. The van der Waals surface area contributed by atoms with Gasteiger partial charge in [0.1, 0.15) is 11.5 Å². The van der Waals surface area contributed by atoms with Crippen LogP contribution in [0.2, 0.25) is 0 Å². The second-order valence-corrected chi connectivity index (χ2v) is 6.21. The predicted molar refractivity (Wildman–Crippen MR) is 109 cm³/mol. The van der Waals surface area contributed by atoms with Gasteiger partial charge in [-0.05, 0) is 56.0 Å². The smallest absolute Gasteiger partial charge is 0.258 e. The molecule has 8 heteroatoms. The number of pyridine rings is 1. The second kappa shape index (κ2) is 11.6. The summed E-state index contributed by atoms with van der Waals surface area (Å²) >= 11 is 0. The van der Waals surface area contributed by atoms with Crippen molar-refractivity contribution >= 4 is 30.7 Å². The van der Waals surface area contributed by atoms with Crippen molar-refractivity contribution in [2.24, 2.45) is 5.73 Å². The van der Waals surface area contributed by atoms with Crippen molar-refractivity contribution in [3.05, 3.63) is 48.7 Å². The Labute approximate surface area is 171 Å². The third kappa shape index (κ3) is 7.62. The minimum Gasteiger partial charge on any atom is -0.484 e. The van der Waals surface area contributed by atoms with Crippen LogP contribution in [0, 0.1) is 0 Å². The van der Waals surface area contributed by atoms with Crippen LogP contribution in [0.4, 0.5) is 0 Å². The zero-order chi connectivity index (χ0) is 17.5. The van der Waals surface area contributed by atoms with Crippen molar-refractivity contribution in [1.29, 1.82) is 0 Å². The summed E-state index contributed by atoms with van der Waals surface area (Å²) in [5, 5.41) is 3.00. The van der Waals surface area contributed by atoms with Crippen LogP contribution < -0.4 is 20.5 Å². The highest BCUT2D eigenvalue weighted by Gasteiger charge is 2.20. The molecule has 0 spiro atoms. The zero-order valence-electron chi connectivity index (χ0n) is 14.9. The molecule has 0 radical (unpaired) electrons. The number of ether oxygens (including phenoxy) is 2. The maximum atomic E-state index is 12.0. The molecule has 1 aliphatic rings. The van der Waals surface area contributed by atoms with Crippen LogP contribution in [0.1, 0.15) is 25.7 Å². The van der Waals surface area contributed by atoms with E-state index in [-0.39, 0.29) is 49.4 Å². The van der Waals surface area contributed by atoms with Gasteiger partial charge in [0.25, 0.3) is 5.91 Å². The van der Waals surface area contributed by atoms with E-state index in [9.17, 15) is 4.79 Å². The van der Waals surface area contributed by atoms with Crippen LogP contribution in [0.5, 0.6) is 17.4 Å². The first kappa shape index (κ1) is 23.0. The molecule has 0 aliphatic heterocycles. The predicted octanol–water partition coefficient (Wildman–Crippen LogP) is 3.48. The quantitative estimate of drug-likeness (QED) is 0.756. The zero-order valence-corrected chi connectivity index (χ0v) is 16.5. The second-order valence-electron chi connectivity index (χ2n) is 6.21. The Kier molecular flexibility index (Phi) is 9.93. The van der Waals surface area contributed by atoms with Crippen LogP contribution in [-0.2, 0) is 4.79 Å². The van der Waals surface area contributed by atoms with Crippen LogP contribution >= 0.6 is 24.8 Å². The number of rotatable bonds is 6. The van der Waals surface area contributed by atoms with E-state index in [0.717, 1.165) is 25.7 Å². The Morgan fingerprint density at radius 2 is 1.70 bits per heavy atom. The van der Waals surface area contributed by atoms with Crippen LogP contribution in [0.3, 0.4) is 0 Å². The molecule has 1 aromatic heterocycles. The number of hydrogen-bond donors (Lipinski definition) is 2. The van der Waals surface area contributed by atoms with Crippen molar-refractivity contribution < 1.29 is 14.3 Å². The van der Waals surface area contributed by atoms with E-state index in [4.69, 9.17) is 15.2 Å². The molecule has 148 valence electrons. The van der Waals surface area contributed by atoms with Gasteiger partial charge in [0, 0.05) is 24.3 Å². The number of carbonyl (C=O) groups is 1. The molecule has 1 aromatic carbocycles. The van der Waals surface area contributed by atoms with Gasteiger partial charge in [-0.3, -0.25) is 4.79 Å².